The zero-order valence-corrected chi connectivity index (χ0v) is 16.5. The minimum absolute atomic E-state index is 0.163. The molecule has 4 aromatic rings. The van der Waals surface area contributed by atoms with Crippen molar-refractivity contribution in [3.05, 3.63) is 73.7 Å². The normalized spacial score (nSPS) is 12.4. The van der Waals surface area contributed by atoms with Crippen LogP contribution in [0.3, 0.4) is 0 Å². The zero-order chi connectivity index (χ0) is 18.3. The first-order valence-electron chi connectivity index (χ1n) is 7.78. The summed E-state index contributed by atoms with van der Waals surface area (Å²) in [5, 5.41) is 8.83. The van der Waals surface area contributed by atoms with E-state index in [2.05, 4.69) is 32.8 Å². The summed E-state index contributed by atoms with van der Waals surface area (Å²) >= 11 is 8.18. The second kappa shape index (κ2) is 6.81. The lowest BCUT2D eigenvalue weighted by molar-refractivity contribution is 0.425. The highest BCUT2D eigenvalue weighted by molar-refractivity contribution is 14.1. The molecule has 0 aliphatic carbocycles. The van der Waals surface area contributed by atoms with E-state index in [0.717, 1.165) is 9.13 Å². The van der Waals surface area contributed by atoms with Crippen LogP contribution in [0.15, 0.2) is 58.1 Å². The van der Waals surface area contributed by atoms with Crippen LogP contribution in [0.4, 0.5) is 0 Å². The summed E-state index contributed by atoms with van der Waals surface area (Å²) in [6.07, 6.45) is 1.25. The molecule has 0 aliphatic rings. The van der Waals surface area contributed by atoms with Crippen molar-refractivity contribution in [2.45, 2.75) is 13.0 Å². The van der Waals surface area contributed by atoms with E-state index in [4.69, 9.17) is 21.0 Å². The number of hydrogen-bond donors (Lipinski definition) is 0. The van der Waals surface area contributed by atoms with Crippen molar-refractivity contribution >= 4 is 45.1 Å². The first-order chi connectivity index (χ1) is 12.5. The van der Waals surface area contributed by atoms with E-state index in [-0.39, 0.29) is 5.56 Å². The summed E-state index contributed by atoms with van der Waals surface area (Å²) in [6.45, 7) is 1.83. The Labute approximate surface area is 167 Å². The third-order valence-electron chi connectivity index (χ3n) is 4.09. The van der Waals surface area contributed by atoms with Crippen molar-refractivity contribution in [1.82, 2.24) is 19.7 Å². The first kappa shape index (κ1) is 17.2. The van der Waals surface area contributed by atoms with Crippen molar-refractivity contribution in [2.24, 2.45) is 0 Å². The van der Waals surface area contributed by atoms with Gasteiger partial charge in [0.2, 0.25) is 12.3 Å². The van der Waals surface area contributed by atoms with E-state index in [1.54, 1.807) is 16.7 Å². The molecular formula is C18H12ClIN4O2. The van der Waals surface area contributed by atoms with E-state index >= 15 is 0 Å². The molecular weight excluding hydrogens is 467 g/mol. The van der Waals surface area contributed by atoms with Crippen LogP contribution in [0.1, 0.15) is 18.9 Å². The summed E-state index contributed by atoms with van der Waals surface area (Å²) in [5.41, 5.74) is 1.25. The highest BCUT2D eigenvalue weighted by atomic mass is 127. The highest BCUT2D eigenvalue weighted by Crippen LogP contribution is 2.26. The summed E-state index contributed by atoms with van der Waals surface area (Å²) in [5.74, 6) is 0.861. The van der Waals surface area contributed by atoms with Gasteiger partial charge in [0.15, 0.2) is 0 Å². The lowest BCUT2D eigenvalue weighted by Crippen LogP contribution is -2.27. The molecule has 0 spiro atoms. The van der Waals surface area contributed by atoms with E-state index in [1.807, 2.05) is 37.3 Å². The Kier molecular flexibility index (Phi) is 4.49. The maximum atomic E-state index is 13.3. The smallest absolute Gasteiger partial charge is 0.262 e. The lowest BCUT2D eigenvalue weighted by Gasteiger charge is -2.17. The molecule has 0 saturated carbocycles. The van der Waals surface area contributed by atoms with Gasteiger partial charge in [-0.15, -0.1) is 10.2 Å². The van der Waals surface area contributed by atoms with Gasteiger partial charge in [-0.05, 0) is 72.0 Å². The van der Waals surface area contributed by atoms with Gasteiger partial charge in [-0.1, -0.05) is 11.6 Å². The van der Waals surface area contributed by atoms with Gasteiger partial charge in [0.1, 0.15) is 11.9 Å². The second-order valence-corrected chi connectivity index (χ2v) is 7.41. The van der Waals surface area contributed by atoms with E-state index < -0.39 is 6.04 Å². The topological polar surface area (TPSA) is 73.8 Å². The molecule has 0 fully saturated rings. The fourth-order valence-corrected chi connectivity index (χ4v) is 3.42. The number of halogens is 2. The van der Waals surface area contributed by atoms with E-state index in [9.17, 15) is 4.79 Å². The molecule has 1 atom stereocenters. The monoisotopic (exact) mass is 478 g/mol. The highest BCUT2D eigenvalue weighted by Gasteiger charge is 2.22. The number of nitrogens with zero attached hydrogens (tertiary/aromatic N) is 4. The Morgan fingerprint density at radius 1 is 1.19 bits per heavy atom. The van der Waals surface area contributed by atoms with Crippen molar-refractivity contribution in [2.75, 3.05) is 0 Å². The molecule has 0 radical (unpaired) electrons. The molecule has 0 saturated heterocycles. The maximum absolute atomic E-state index is 13.3. The molecule has 0 aliphatic heterocycles. The predicted molar refractivity (Wildman–Crippen MR) is 107 cm³/mol. The number of hydrogen-bond acceptors (Lipinski definition) is 5. The van der Waals surface area contributed by atoms with Crippen LogP contribution in [-0.4, -0.2) is 19.7 Å². The van der Waals surface area contributed by atoms with E-state index in [1.165, 1.54) is 6.39 Å². The minimum atomic E-state index is -0.467. The van der Waals surface area contributed by atoms with Crippen LogP contribution in [0.2, 0.25) is 5.02 Å². The fraction of sp³-hybridized carbons (Fsp3) is 0.111. The van der Waals surface area contributed by atoms with Crippen LogP contribution >= 0.6 is 34.2 Å². The van der Waals surface area contributed by atoms with Crippen LogP contribution < -0.4 is 5.56 Å². The van der Waals surface area contributed by atoms with Crippen LogP contribution in [0.25, 0.3) is 22.3 Å². The van der Waals surface area contributed by atoms with Crippen LogP contribution in [0.5, 0.6) is 0 Å². The Hall–Kier alpha value is -2.26. The molecule has 2 aromatic heterocycles. The molecule has 0 N–H and O–H groups in total. The number of rotatable bonds is 3. The Balaban J connectivity index is 2.05. The van der Waals surface area contributed by atoms with Gasteiger partial charge in [-0.3, -0.25) is 9.36 Å². The van der Waals surface area contributed by atoms with Gasteiger partial charge in [-0.25, -0.2) is 4.98 Å². The van der Waals surface area contributed by atoms with E-state index in [0.29, 0.717) is 27.6 Å². The third-order valence-corrected chi connectivity index (χ3v) is 5.01. The van der Waals surface area contributed by atoms with Gasteiger partial charge in [0, 0.05) is 14.2 Å². The fourth-order valence-electron chi connectivity index (χ4n) is 2.81. The summed E-state index contributed by atoms with van der Waals surface area (Å²) in [7, 11) is 0. The SMILES string of the molecule is CC(c1nnco1)n1c(-c2ccc(Cl)cc2)nc2ccc(I)cc2c1=O. The molecule has 2 heterocycles. The number of aromatic nitrogens is 4. The largest absolute Gasteiger partial charge is 0.426 e. The summed E-state index contributed by atoms with van der Waals surface area (Å²) in [6, 6.07) is 12.3. The number of fused-ring (bicyclic) bond motifs is 1. The van der Waals surface area contributed by atoms with Crippen LogP contribution in [-0.2, 0) is 0 Å². The third kappa shape index (κ3) is 3.01. The van der Waals surface area contributed by atoms with Gasteiger partial charge >= 0.3 is 0 Å². The molecule has 8 heteroatoms. The lowest BCUT2D eigenvalue weighted by atomic mass is 10.1. The van der Waals surface area contributed by atoms with Crippen molar-refractivity contribution in [3.63, 3.8) is 0 Å². The molecule has 0 amide bonds. The molecule has 0 bridgehead atoms. The Morgan fingerprint density at radius 2 is 1.96 bits per heavy atom. The summed E-state index contributed by atoms with van der Waals surface area (Å²) < 4.78 is 7.86. The first-order valence-corrected chi connectivity index (χ1v) is 9.24. The maximum Gasteiger partial charge on any atom is 0.262 e. The minimum Gasteiger partial charge on any atom is -0.426 e. The van der Waals surface area contributed by atoms with Crippen molar-refractivity contribution < 1.29 is 4.42 Å². The quantitative estimate of drug-likeness (QED) is 0.410. The standard InChI is InChI=1S/C18H12ClIN4O2/c1-10(17-23-21-9-26-17)24-16(11-2-4-12(19)5-3-11)22-15-7-6-13(20)8-14(15)18(24)25/h2-10H,1H3. The van der Waals surface area contributed by atoms with Gasteiger partial charge in [0.05, 0.1) is 10.9 Å². The molecule has 26 heavy (non-hydrogen) atoms. The molecule has 130 valence electrons. The zero-order valence-electron chi connectivity index (χ0n) is 13.6. The van der Waals surface area contributed by atoms with Crippen molar-refractivity contribution in [3.8, 4) is 11.4 Å². The average Bonchev–Trinajstić information content (AvgIpc) is 3.17. The molecule has 1 unspecified atom stereocenters. The van der Waals surface area contributed by atoms with Gasteiger partial charge < -0.3 is 4.42 Å². The number of benzene rings is 2. The van der Waals surface area contributed by atoms with Crippen molar-refractivity contribution in [1.29, 1.82) is 0 Å². The second-order valence-electron chi connectivity index (χ2n) is 5.73. The molecule has 6 nitrogen and oxygen atoms in total. The predicted octanol–water partition coefficient (Wildman–Crippen LogP) is 4.31. The Morgan fingerprint density at radius 3 is 2.65 bits per heavy atom. The average molecular weight is 479 g/mol. The summed E-state index contributed by atoms with van der Waals surface area (Å²) in [4.78, 5) is 18.0. The van der Waals surface area contributed by atoms with Crippen LogP contribution in [0, 0.1) is 3.57 Å². The Bertz CT molecular complexity index is 1140. The molecule has 2 aromatic carbocycles. The van der Waals surface area contributed by atoms with Gasteiger partial charge in [0.25, 0.3) is 5.56 Å². The molecule has 4 rings (SSSR count). The van der Waals surface area contributed by atoms with Gasteiger partial charge in [-0.2, -0.15) is 0 Å².